The Morgan fingerprint density at radius 1 is 1.27 bits per heavy atom. The van der Waals surface area contributed by atoms with Gasteiger partial charge in [0.25, 0.3) is 0 Å². The molecule has 0 aromatic rings. The lowest BCUT2D eigenvalue weighted by molar-refractivity contribution is 0.207. The van der Waals surface area contributed by atoms with Gasteiger partial charge in [0.2, 0.25) is 0 Å². The monoisotopic (exact) mass is 157 g/mol. The van der Waals surface area contributed by atoms with Crippen molar-refractivity contribution in [1.29, 1.82) is 0 Å². The fourth-order valence-electron chi connectivity index (χ4n) is 1.28. The van der Waals surface area contributed by atoms with Crippen molar-refractivity contribution in [2.24, 2.45) is 5.92 Å². The van der Waals surface area contributed by atoms with Crippen LogP contribution in [-0.4, -0.2) is 13.1 Å². The first kappa shape index (κ1) is 10.5. The summed E-state index contributed by atoms with van der Waals surface area (Å²) in [6, 6.07) is 0. The van der Waals surface area contributed by atoms with E-state index in [9.17, 15) is 4.79 Å². The van der Waals surface area contributed by atoms with Gasteiger partial charge in [-0.15, -0.1) is 0 Å². The van der Waals surface area contributed by atoms with Gasteiger partial charge in [0, 0.05) is 0 Å². The van der Waals surface area contributed by atoms with E-state index in [1.54, 1.807) is 0 Å². The van der Waals surface area contributed by atoms with Gasteiger partial charge in [-0.1, -0.05) is 26.7 Å². The van der Waals surface area contributed by atoms with Crippen LogP contribution in [0.2, 0.25) is 0 Å². The Hall–Kier alpha value is -0.530. The van der Waals surface area contributed by atoms with Crippen molar-refractivity contribution in [3.63, 3.8) is 0 Å². The second kappa shape index (κ2) is 7.58. The Morgan fingerprint density at radius 3 is 2.18 bits per heavy atom. The summed E-state index contributed by atoms with van der Waals surface area (Å²) in [4.78, 5) is 9.77. The zero-order valence-corrected chi connectivity index (χ0v) is 7.43. The summed E-state index contributed by atoms with van der Waals surface area (Å²) >= 11 is 0. The van der Waals surface area contributed by atoms with E-state index >= 15 is 0 Å². The topological polar surface area (TPSA) is 26.3 Å². The van der Waals surface area contributed by atoms with Crippen LogP contribution in [0.15, 0.2) is 0 Å². The van der Waals surface area contributed by atoms with Crippen molar-refractivity contribution in [2.45, 2.75) is 39.5 Å². The van der Waals surface area contributed by atoms with E-state index in [-0.39, 0.29) is 0 Å². The van der Waals surface area contributed by atoms with E-state index in [1.165, 1.54) is 6.47 Å². The second-order valence-corrected chi connectivity index (χ2v) is 2.84. The van der Waals surface area contributed by atoms with Crippen LogP contribution in [0.1, 0.15) is 39.5 Å². The molecule has 0 amide bonds. The maximum absolute atomic E-state index is 9.77. The molecule has 0 spiro atoms. The summed E-state index contributed by atoms with van der Waals surface area (Å²) in [7, 11) is 0. The van der Waals surface area contributed by atoms with E-state index in [4.69, 9.17) is 0 Å². The maximum atomic E-state index is 9.77. The average molecular weight is 157 g/mol. The SMILES string of the molecule is CCCC(CCC)CO[C]=O. The van der Waals surface area contributed by atoms with Gasteiger partial charge in [-0.05, 0) is 18.8 Å². The maximum Gasteiger partial charge on any atom is 0.417 e. The van der Waals surface area contributed by atoms with Gasteiger partial charge in [0.15, 0.2) is 0 Å². The zero-order valence-electron chi connectivity index (χ0n) is 7.43. The van der Waals surface area contributed by atoms with Crippen LogP contribution >= 0.6 is 0 Å². The Labute approximate surface area is 68.9 Å². The lowest BCUT2D eigenvalue weighted by atomic mass is 10.00. The molecule has 0 aromatic heterocycles. The van der Waals surface area contributed by atoms with E-state index in [2.05, 4.69) is 18.6 Å². The normalized spacial score (nSPS) is 10.1. The van der Waals surface area contributed by atoms with Crippen molar-refractivity contribution >= 4 is 6.47 Å². The smallest absolute Gasteiger partial charge is 0.417 e. The minimum atomic E-state index is 0.547. The van der Waals surface area contributed by atoms with Gasteiger partial charge in [0.1, 0.15) is 0 Å². The van der Waals surface area contributed by atoms with E-state index in [0.29, 0.717) is 12.5 Å². The third kappa shape index (κ3) is 5.89. The van der Waals surface area contributed by atoms with Gasteiger partial charge in [-0.25, -0.2) is 4.79 Å². The Bertz CT molecular complexity index is 85.6. The highest BCUT2D eigenvalue weighted by molar-refractivity contribution is 5.38. The number of hydrogen-bond donors (Lipinski definition) is 0. The van der Waals surface area contributed by atoms with Crippen molar-refractivity contribution in [3.8, 4) is 0 Å². The molecule has 0 aliphatic carbocycles. The Kier molecular flexibility index (Phi) is 7.21. The standard InChI is InChI=1S/C9H17O2/c1-3-5-9(6-4-2)7-11-8-10/h9H,3-7H2,1-2H3. The van der Waals surface area contributed by atoms with E-state index in [0.717, 1.165) is 25.7 Å². The first-order valence-corrected chi connectivity index (χ1v) is 4.34. The molecule has 0 unspecified atom stereocenters. The van der Waals surface area contributed by atoms with Crippen LogP contribution in [0.5, 0.6) is 0 Å². The first-order chi connectivity index (χ1) is 5.35. The van der Waals surface area contributed by atoms with Crippen molar-refractivity contribution in [3.05, 3.63) is 0 Å². The molecule has 0 aliphatic heterocycles. The highest BCUT2D eigenvalue weighted by atomic mass is 16.5. The highest BCUT2D eigenvalue weighted by Gasteiger charge is 2.06. The van der Waals surface area contributed by atoms with Crippen molar-refractivity contribution in [2.75, 3.05) is 6.61 Å². The summed E-state index contributed by atoms with van der Waals surface area (Å²) in [5.74, 6) is 0.548. The molecule has 1 radical (unpaired) electrons. The van der Waals surface area contributed by atoms with Crippen molar-refractivity contribution < 1.29 is 9.53 Å². The fraction of sp³-hybridized carbons (Fsp3) is 0.889. The van der Waals surface area contributed by atoms with Crippen LogP contribution in [0.3, 0.4) is 0 Å². The minimum Gasteiger partial charge on any atom is -0.457 e. The Balaban J connectivity index is 3.41. The highest BCUT2D eigenvalue weighted by Crippen LogP contribution is 2.12. The molecular formula is C9H17O2. The van der Waals surface area contributed by atoms with E-state index in [1.807, 2.05) is 0 Å². The lowest BCUT2D eigenvalue weighted by Gasteiger charge is -2.12. The third-order valence-corrected chi connectivity index (χ3v) is 1.77. The molecule has 2 heteroatoms. The zero-order chi connectivity index (χ0) is 8.53. The van der Waals surface area contributed by atoms with Crippen molar-refractivity contribution in [1.82, 2.24) is 0 Å². The molecule has 0 N–H and O–H groups in total. The molecule has 0 atom stereocenters. The third-order valence-electron chi connectivity index (χ3n) is 1.77. The van der Waals surface area contributed by atoms with Gasteiger partial charge >= 0.3 is 6.47 Å². The summed E-state index contributed by atoms with van der Waals surface area (Å²) in [6.45, 7) is 6.30. The second-order valence-electron chi connectivity index (χ2n) is 2.84. The quantitative estimate of drug-likeness (QED) is 0.566. The predicted molar refractivity (Wildman–Crippen MR) is 45.0 cm³/mol. The molecule has 0 rings (SSSR count). The van der Waals surface area contributed by atoms with Gasteiger partial charge in [-0.2, -0.15) is 0 Å². The summed E-state index contributed by atoms with van der Waals surface area (Å²) < 4.78 is 4.60. The molecule has 2 nitrogen and oxygen atoms in total. The number of hydrogen-bond acceptors (Lipinski definition) is 2. The van der Waals surface area contributed by atoms with Gasteiger partial charge in [-0.3, -0.25) is 0 Å². The molecule has 0 saturated heterocycles. The first-order valence-electron chi connectivity index (χ1n) is 4.34. The van der Waals surface area contributed by atoms with Crippen LogP contribution in [0, 0.1) is 5.92 Å². The van der Waals surface area contributed by atoms with Crippen LogP contribution in [0.4, 0.5) is 0 Å². The Morgan fingerprint density at radius 2 is 1.82 bits per heavy atom. The molecule has 11 heavy (non-hydrogen) atoms. The number of rotatable bonds is 7. The van der Waals surface area contributed by atoms with Gasteiger partial charge in [0.05, 0.1) is 6.61 Å². The lowest BCUT2D eigenvalue weighted by Crippen LogP contribution is -2.08. The largest absolute Gasteiger partial charge is 0.457 e. The average Bonchev–Trinajstić information content (AvgIpc) is 2.01. The predicted octanol–water partition coefficient (Wildman–Crippen LogP) is 2.29. The van der Waals surface area contributed by atoms with Crippen LogP contribution in [-0.2, 0) is 9.53 Å². The summed E-state index contributed by atoms with van der Waals surface area (Å²) in [5.41, 5.74) is 0. The molecule has 65 valence electrons. The molecule has 0 bridgehead atoms. The number of carbonyl (C=O) groups excluding carboxylic acids is 1. The fourth-order valence-corrected chi connectivity index (χ4v) is 1.28. The van der Waals surface area contributed by atoms with Crippen LogP contribution < -0.4 is 0 Å². The summed E-state index contributed by atoms with van der Waals surface area (Å²) in [5, 5.41) is 0. The van der Waals surface area contributed by atoms with E-state index < -0.39 is 0 Å². The van der Waals surface area contributed by atoms with Crippen LogP contribution in [0.25, 0.3) is 0 Å². The molecule has 0 saturated carbocycles. The van der Waals surface area contributed by atoms with Gasteiger partial charge < -0.3 is 4.74 Å². The molecule has 0 aliphatic rings. The number of ether oxygens (including phenoxy) is 1. The molecule has 0 aromatic carbocycles. The minimum absolute atomic E-state index is 0.547. The summed E-state index contributed by atoms with van der Waals surface area (Å²) in [6.07, 6.45) is 4.62. The molecule has 0 heterocycles. The molecular weight excluding hydrogens is 140 g/mol. The molecule has 0 fully saturated rings.